The summed E-state index contributed by atoms with van der Waals surface area (Å²) in [5.41, 5.74) is 4.73. The highest BCUT2D eigenvalue weighted by Gasteiger charge is 2.33. The van der Waals surface area contributed by atoms with Crippen LogP contribution in [0.25, 0.3) is 0 Å². The maximum Gasteiger partial charge on any atom is 0.241 e. The smallest absolute Gasteiger partial charge is 0.241 e. The predicted octanol–water partition coefficient (Wildman–Crippen LogP) is 2.70. The van der Waals surface area contributed by atoms with Gasteiger partial charge >= 0.3 is 0 Å². The van der Waals surface area contributed by atoms with Crippen molar-refractivity contribution in [1.29, 1.82) is 0 Å². The summed E-state index contributed by atoms with van der Waals surface area (Å²) in [5.74, 6) is 1.64. The van der Waals surface area contributed by atoms with E-state index in [9.17, 15) is 4.79 Å². The number of rotatable bonds is 5. The van der Waals surface area contributed by atoms with E-state index in [2.05, 4.69) is 5.43 Å². The second-order valence-corrected chi connectivity index (χ2v) is 5.42. The van der Waals surface area contributed by atoms with Crippen molar-refractivity contribution in [3.63, 3.8) is 0 Å². The number of hydrogen-bond donors (Lipinski definition) is 1. The highest BCUT2D eigenvalue weighted by atomic mass is 16.5. The van der Waals surface area contributed by atoms with Gasteiger partial charge in [0.15, 0.2) is 11.5 Å². The van der Waals surface area contributed by atoms with Crippen LogP contribution in [-0.2, 0) is 4.79 Å². The molecule has 0 saturated carbocycles. The zero-order valence-corrected chi connectivity index (χ0v) is 13.9. The Kier molecular flexibility index (Phi) is 4.46. The lowest BCUT2D eigenvalue weighted by atomic mass is 10.0. The molecule has 6 heteroatoms. The normalized spacial score (nSPS) is 16.7. The topological polar surface area (TPSA) is 60.0 Å². The quantitative estimate of drug-likeness (QED) is 0.914. The van der Waals surface area contributed by atoms with E-state index in [1.54, 1.807) is 21.3 Å². The van der Waals surface area contributed by atoms with Crippen LogP contribution >= 0.6 is 0 Å². The summed E-state index contributed by atoms with van der Waals surface area (Å²) in [6.07, 6.45) is 0.355. The van der Waals surface area contributed by atoms with Crippen LogP contribution in [-0.4, -0.2) is 27.2 Å². The highest BCUT2D eigenvalue weighted by molar-refractivity contribution is 5.83. The number of para-hydroxylation sites is 1. The van der Waals surface area contributed by atoms with E-state index < -0.39 is 0 Å². The number of carbonyl (C=O) groups is 1. The Balaban J connectivity index is 2.04. The van der Waals surface area contributed by atoms with Gasteiger partial charge in [-0.25, -0.2) is 0 Å². The van der Waals surface area contributed by atoms with Crippen LogP contribution < -0.4 is 24.6 Å². The SMILES string of the molecule is COc1cc(C2CC(=O)NN2c2ccccc2)cc(OC)c1OC. The van der Waals surface area contributed by atoms with Crippen molar-refractivity contribution in [1.82, 2.24) is 5.43 Å². The molecule has 1 heterocycles. The molecule has 126 valence electrons. The second kappa shape index (κ2) is 6.70. The minimum atomic E-state index is -0.159. The molecule has 0 aromatic heterocycles. The van der Waals surface area contributed by atoms with E-state index in [4.69, 9.17) is 14.2 Å². The molecule has 0 bridgehead atoms. The molecule has 0 radical (unpaired) electrons. The summed E-state index contributed by atoms with van der Waals surface area (Å²) in [7, 11) is 4.72. The lowest BCUT2D eigenvalue weighted by molar-refractivity contribution is -0.119. The highest BCUT2D eigenvalue weighted by Crippen LogP contribution is 2.42. The average Bonchev–Trinajstić information content (AvgIpc) is 3.03. The molecule has 1 aliphatic heterocycles. The van der Waals surface area contributed by atoms with Crippen LogP contribution in [0.3, 0.4) is 0 Å². The van der Waals surface area contributed by atoms with Crippen LogP contribution in [0.1, 0.15) is 18.0 Å². The number of nitrogens with one attached hydrogen (secondary N) is 1. The minimum Gasteiger partial charge on any atom is -0.493 e. The third kappa shape index (κ3) is 2.82. The molecule has 1 amide bonds. The first kappa shape index (κ1) is 16.0. The molecule has 2 aromatic rings. The van der Waals surface area contributed by atoms with Crippen LogP contribution in [0.4, 0.5) is 5.69 Å². The van der Waals surface area contributed by atoms with Crippen LogP contribution in [0.2, 0.25) is 0 Å². The fraction of sp³-hybridized carbons (Fsp3) is 0.278. The molecule has 2 aromatic carbocycles. The molecule has 1 unspecified atom stereocenters. The van der Waals surface area contributed by atoms with Crippen molar-refractivity contribution in [2.45, 2.75) is 12.5 Å². The van der Waals surface area contributed by atoms with Gasteiger partial charge in [0.25, 0.3) is 0 Å². The number of carbonyl (C=O) groups excluding carboxylic acids is 1. The molecule has 0 spiro atoms. The van der Waals surface area contributed by atoms with Crippen molar-refractivity contribution in [3.05, 3.63) is 48.0 Å². The fourth-order valence-corrected chi connectivity index (χ4v) is 2.92. The van der Waals surface area contributed by atoms with E-state index in [1.807, 2.05) is 47.5 Å². The fourth-order valence-electron chi connectivity index (χ4n) is 2.92. The van der Waals surface area contributed by atoms with Crippen molar-refractivity contribution in [2.75, 3.05) is 26.3 Å². The van der Waals surface area contributed by atoms with Crippen molar-refractivity contribution >= 4 is 11.6 Å². The Hall–Kier alpha value is -2.89. The standard InChI is InChI=1S/C18H20N2O4/c1-22-15-9-12(10-16(23-2)18(15)24-3)14-11-17(21)19-20(14)13-7-5-4-6-8-13/h4-10,14H,11H2,1-3H3,(H,19,21). The number of nitrogens with zero attached hydrogens (tertiary/aromatic N) is 1. The van der Waals surface area contributed by atoms with E-state index in [0.29, 0.717) is 23.7 Å². The van der Waals surface area contributed by atoms with E-state index >= 15 is 0 Å². The van der Waals surface area contributed by atoms with Gasteiger partial charge in [-0.1, -0.05) is 18.2 Å². The lowest BCUT2D eigenvalue weighted by Gasteiger charge is -2.26. The molecule has 1 fully saturated rings. The Morgan fingerprint density at radius 2 is 1.62 bits per heavy atom. The minimum absolute atomic E-state index is 0.0300. The first-order valence-corrected chi connectivity index (χ1v) is 7.61. The molecule has 24 heavy (non-hydrogen) atoms. The molecular formula is C18H20N2O4. The molecule has 0 aliphatic carbocycles. The van der Waals surface area contributed by atoms with Gasteiger partial charge in [-0.15, -0.1) is 0 Å². The van der Waals surface area contributed by atoms with Crippen molar-refractivity contribution in [2.24, 2.45) is 0 Å². The number of hydrogen-bond acceptors (Lipinski definition) is 5. The molecule has 3 rings (SSSR count). The van der Waals surface area contributed by atoms with Gasteiger partial charge in [-0.2, -0.15) is 0 Å². The Labute approximate surface area is 140 Å². The Bertz CT molecular complexity index is 708. The van der Waals surface area contributed by atoms with Gasteiger partial charge in [-0.05, 0) is 29.8 Å². The zero-order valence-electron chi connectivity index (χ0n) is 13.9. The number of anilines is 1. The van der Waals surface area contributed by atoms with E-state index in [-0.39, 0.29) is 11.9 Å². The predicted molar refractivity (Wildman–Crippen MR) is 90.5 cm³/mol. The Morgan fingerprint density at radius 1 is 1.00 bits per heavy atom. The van der Waals surface area contributed by atoms with Crippen molar-refractivity contribution in [3.8, 4) is 17.2 Å². The second-order valence-electron chi connectivity index (χ2n) is 5.42. The van der Waals surface area contributed by atoms with Gasteiger partial charge in [0.2, 0.25) is 11.7 Å². The first-order chi connectivity index (χ1) is 11.7. The number of benzene rings is 2. The molecule has 1 aliphatic rings. The van der Waals surface area contributed by atoms with Gasteiger partial charge in [-0.3, -0.25) is 15.2 Å². The largest absolute Gasteiger partial charge is 0.493 e. The van der Waals surface area contributed by atoms with Crippen LogP contribution in [0.5, 0.6) is 17.2 Å². The molecule has 1 atom stereocenters. The summed E-state index contributed by atoms with van der Waals surface area (Å²) in [6.45, 7) is 0. The van der Waals surface area contributed by atoms with E-state index in [0.717, 1.165) is 11.3 Å². The number of methoxy groups -OCH3 is 3. The zero-order chi connectivity index (χ0) is 17.1. The average molecular weight is 328 g/mol. The monoisotopic (exact) mass is 328 g/mol. The van der Waals surface area contributed by atoms with Gasteiger partial charge < -0.3 is 14.2 Å². The Morgan fingerprint density at radius 3 is 2.17 bits per heavy atom. The summed E-state index contributed by atoms with van der Waals surface area (Å²) < 4.78 is 16.2. The van der Waals surface area contributed by atoms with Crippen LogP contribution in [0.15, 0.2) is 42.5 Å². The van der Waals surface area contributed by atoms with Crippen LogP contribution in [0, 0.1) is 0 Å². The number of hydrazine groups is 1. The molecule has 1 N–H and O–H groups in total. The van der Waals surface area contributed by atoms with Gasteiger partial charge in [0.1, 0.15) is 0 Å². The maximum atomic E-state index is 12.0. The third-order valence-corrected chi connectivity index (χ3v) is 4.04. The van der Waals surface area contributed by atoms with E-state index in [1.165, 1.54) is 0 Å². The molecule has 6 nitrogen and oxygen atoms in total. The lowest BCUT2D eigenvalue weighted by Crippen LogP contribution is -2.34. The van der Waals surface area contributed by atoms with Crippen molar-refractivity contribution < 1.29 is 19.0 Å². The third-order valence-electron chi connectivity index (χ3n) is 4.04. The number of amides is 1. The van der Waals surface area contributed by atoms with Gasteiger partial charge in [0.05, 0.1) is 39.5 Å². The summed E-state index contributed by atoms with van der Waals surface area (Å²) in [6, 6.07) is 13.3. The first-order valence-electron chi connectivity index (χ1n) is 7.61. The maximum absolute atomic E-state index is 12.0. The summed E-state index contributed by atoms with van der Waals surface area (Å²) in [4.78, 5) is 12.0. The number of ether oxygens (including phenoxy) is 3. The molecule has 1 saturated heterocycles. The summed E-state index contributed by atoms with van der Waals surface area (Å²) >= 11 is 0. The summed E-state index contributed by atoms with van der Waals surface area (Å²) in [5, 5.41) is 1.86. The molecular weight excluding hydrogens is 308 g/mol. The van der Waals surface area contributed by atoms with Gasteiger partial charge in [0, 0.05) is 0 Å².